The van der Waals surface area contributed by atoms with Crippen molar-refractivity contribution in [3.63, 3.8) is 0 Å². The quantitative estimate of drug-likeness (QED) is 0.927. The largest absolute Gasteiger partial charge is 0.493 e. The molecule has 0 amide bonds. The Morgan fingerprint density at radius 3 is 2.00 bits per heavy atom. The van der Waals surface area contributed by atoms with Crippen LogP contribution in [-0.2, 0) is 5.60 Å². The van der Waals surface area contributed by atoms with Gasteiger partial charge in [0.05, 0.1) is 19.8 Å². The fraction of sp³-hybridized carbons (Fsp3) is 0.667. The lowest BCUT2D eigenvalue weighted by molar-refractivity contribution is -0.179. The molecule has 114 valence electrons. The van der Waals surface area contributed by atoms with E-state index in [0.29, 0.717) is 11.8 Å². The van der Waals surface area contributed by atoms with Crippen LogP contribution in [0.4, 0.5) is 0 Å². The lowest BCUT2D eigenvalue weighted by atomic mass is 9.48. The van der Waals surface area contributed by atoms with Crippen LogP contribution in [0, 0.1) is 23.7 Å². The van der Waals surface area contributed by atoms with Crippen molar-refractivity contribution in [3.8, 4) is 11.5 Å². The predicted octanol–water partition coefficient (Wildman–Crippen LogP) is 3.35. The molecule has 21 heavy (non-hydrogen) atoms. The number of methoxy groups -OCH3 is 2. The smallest absolute Gasteiger partial charge is 0.161 e. The maximum absolute atomic E-state index is 11.5. The maximum Gasteiger partial charge on any atom is 0.161 e. The highest BCUT2D eigenvalue weighted by atomic mass is 16.5. The highest BCUT2D eigenvalue weighted by Gasteiger charge is 2.57. The minimum absolute atomic E-state index is 0.423. The first-order chi connectivity index (χ1) is 10.1. The molecule has 0 aliphatic heterocycles. The lowest BCUT2D eigenvalue weighted by Gasteiger charge is -2.59. The number of aliphatic hydroxyl groups is 1. The number of benzene rings is 1. The monoisotopic (exact) mass is 288 g/mol. The molecule has 1 aromatic rings. The van der Waals surface area contributed by atoms with Gasteiger partial charge in [0.2, 0.25) is 0 Å². The summed E-state index contributed by atoms with van der Waals surface area (Å²) >= 11 is 0. The van der Waals surface area contributed by atoms with Crippen LogP contribution < -0.4 is 9.47 Å². The molecule has 0 atom stereocenters. The summed E-state index contributed by atoms with van der Waals surface area (Å²) in [4.78, 5) is 0. The highest BCUT2D eigenvalue weighted by molar-refractivity contribution is 5.45. The van der Waals surface area contributed by atoms with Crippen LogP contribution in [0.25, 0.3) is 0 Å². The van der Waals surface area contributed by atoms with Crippen molar-refractivity contribution >= 4 is 0 Å². The van der Waals surface area contributed by atoms with Gasteiger partial charge in [-0.05, 0) is 73.5 Å². The summed E-state index contributed by atoms with van der Waals surface area (Å²) < 4.78 is 10.8. The molecule has 4 aliphatic rings. The van der Waals surface area contributed by atoms with E-state index in [9.17, 15) is 5.11 Å². The molecule has 0 unspecified atom stereocenters. The molecular formula is C18H24O3. The molecule has 0 heterocycles. The third kappa shape index (κ3) is 1.83. The second-order valence-electron chi connectivity index (χ2n) is 7.20. The Hall–Kier alpha value is -1.22. The Bertz CT molecular complexity index is 523. The number of ether oxygens (including phenoxy) is 2. The first kappa shape index (κ1) is 13.4. The average Bonchev–Trinajstić information content (AvgIpc) is 2.51. The van der Waals surface area contributed by atoms with Gasteiger partial charge in [0.15, 0.2) is 11.5 Å². The Labute approximate surface area is 126 Å². The summed E-state index contributed by atoms with van der Waals surface area (Å²) in [5.41, 5.74) is 0.362. The molecule has 4 fully saturated rings. The zero-order valence-electron chi connectivity index (χ0n) is 12.8. The van der Waals surface area contributed by atoms with Gasteiger partial charge in [-0.2, -0.15) is 0 Å². The van der Waals surface area contributed by atoms with E-state index in [1.165, 1.54) is 32.1 Å². The molecule has 0 spiro atoms. The SMILES string of the molecule is COc1ccc(C2(O)C3CC4CC(C3)CC2C4)cc1OC. The Balaban J connectivity index is 1.75. The Morgan fingerprint density at radius 2 is 1.48 bits per heavy atom. The van der Waals surface area contributed by atoms with Crippen molar-refractivity contribution < 1.29 is 14.6 Å². The number of hydrogen-bond donors (Lipinski definition) is 1. The second kappa shape index (κ2) is 4.64. The summed E-state index contributed by atoms with van der Waals surface area (Å²) in [6, 6.07) is 5.95. The number of hydrogen-bond acceptors (Lipinski definition) is 3. The van der Waals surface area contributed by atoms with Crippen LogP contribution in [-0.4, -0.2) is 19.3 Å². The minimum Gasteiger partial charge on any atom is -0.493 e. The van der Waals surface area contributed by atoms with Crippen molar-refractivity contribution in [1.29, 1.82) is 0 Å². The summed E-state index contributed by atoms with van der Waals surface area (Å²) in [6.07, 6.45) is 6.17. The third-order valence-corrected chi connectivity index (χ3v) is 6.23. The van der Waals surface area contributed by atoms with Crippen LogP contribution in [0.5, 0.6) is 11.5 Å². The van der Waals surface area contributed by atoms with Gasteiger partial charge in [-0.3, -0.25) is 0 Å². The third-order valence-electron chi connectivity index (χ3n) is 6.23. The van der Waals surface area contributed by atoms with Gasteiger partial charge in [0, 0.05) is 0 Å². The van der Waals surface area contributed by atoms with E-state index in [1.54, 1.807) is 14.2 Å². The zero-order valence-corrected chi connectivity index (χ0v) is 12.8. The van der Waals surface area contributed by atoms with Crippen molar-refractivity contribution in [2.45, 2.75) is 37.7 Å². The van der Waals surface area contributed by atoms with Gasteiger partial charge in [-0.1, -0.05) is 6.07 Å². The van der Waals surface area contributed by atoms with E-state index in [4.69, 9.17) is 9.47 Å². The zero-order chi connectivity index (χ0) is 14.6. The van der Waals surface area contributed by atoms with Crippen molar-refractivity contribution in [2.75, 3.05) is 14.2 Å². The van der Waals surface area contributed by atoms with Crippen LogP contribution in [0.1, 0.15) is 37.7 Å². The topological polar surface area (TPSA) is 38.7 Å². The first-order valence-corrected chi connectivity index (χ1v) is 8.10. The molecular weight excluding hydrogens is 264 g/mol. The molecule has 3 heteroatoms. The molecule has 0 radical (unpaired) electrons. The Morgan fingerprint density at radius 1 is 0.905 bits per heavy atom. The fourth-order valence-electron chi connectivity index (χ4n) is 5.46. The summed E-state index contributed by atoms with van der Waals surface area (Å²) in [5.74, 6) is 4.01. The second-order valence-corrected chi connectivity index (χ2v) is 7.20. The standard InChI is InChI=1S/C18H24O3/c1-20-16-4-3-13(10-17(16)21-2)18(19)14-6-11-5-12(8-14)9-15(18)7-11/h3-4,10-12,14-15,19H,5-9H2,1-2H3. The predicted molar refractivity (Wildman–Crippen MR) is 80.5 cm³/mol. The van der Waals surface area contributed by atoms with Crippen molar-refractivity contribution in [1.82, 2.24) is 0 Å². The van der Waals surface area contributed by atoms with E-state index >= 15 is 0 Å². The minimum atomic E-state index is -0.660. The van der Waals surface area contributed by atoms with Crippen LogP contribution in [0.3, 0.4) is 0 Å². The van der Waals surface area contributed by atoms with E-state index in [0.717, 1.165) is 28.9 Å². The van der Waals surface area contributed by atoms with Gasteiger partial charge in [0.25, 0.3) is 0 Å². The molecule has 3 nitrogen and oxygen atoms in total. The van der Waals surface area contributed by atoms with Gasteiger partial charge in [0.1, 0.15) is 0 Å². The van der Waals surface area contributed by atoms with Gasteiger partial charge in [-0.15, -0.1) is 0 Å². The van der Waals surface area contributed by atoms with Crippen molar-refractivity contribution in [3.05, 3.63) is 23.8 Å². The van der Waals surface area contributed by atoms with Gasteiger partial charge in [-0.25, -0.2) is 0 Å². The van der Waals surface area contributed by atoms with Gasteiger partial charge >= 0.3 is 0 Å². The summed E-state index contributed by atoms with van der Waals surface area (Å²) in [5, 5.41) is 11.5. The first-order valence-electron chi connectivity index (χ1n) is 8.10. The number of rotatable bonds is 3. The van der Waals surface area contributed by atoms with E-state index in [2.05, 4.69) is 0 Å². The molecule has 4 bridgehead atoms. The molecule has 1 N–H and O–H groups in total. The molecule has 0 aromatic heterocycles. The van der Waals surface area contributed by atoms with Crippen LogP contribution >= 0.6 is 0 Å². The van der Waals surface area contributed by atoms with Crippen molar-refractivity contribution in [2.24, 2.45) is 23.7 Å². The summed E-state index contributed by atoms with van der Waals surface area (Å²) in [7, 11) is 3.30. The average molecular weight is 288 g/mol. The maximum atomic E-state index is 11.5. The van der Waals surface area contributed by atoms with E-state index in [1.807, 2.05) is 18.2 Å². The molecule has 4 saturated carbocycles. The molecule has 5 rings (SSSR count). The normalized spacial score (nSPS) is 40.3. The molecule has 0 saturated heterocycles. The van der Waals surface area contributed by atoms with Crippen LogP contribution in [0.15, 0.2) is 18.2 Å². The summed E-state index contributed by atoms with van der Waals surface area (Å²) in [6.45, 7) is 0. The molecule has 4 aliphatic carbocycles. The van der Waals surface area contributed by atoms with Gasteiger partial charge < -0.3 is 14.6 Å². The lowest BCUT2D eigenvalue weighted by Crippen LogP contribution is -2.55. The van der Waals surface area contributed by atoms with E-state index < -0.39 is 5.60 Å². The molecule has 1 aromatic carbocycles. The van der Waals surface area contributed by atoms with Crippen LogP contribution in [0.2, 0.25) is 0 Å². The van der Waals surface area contributed by atoms with E-state index in [-0.39, 0.29) is 0 Å². The Kier molecular flexibility index (Phi) is 2.97. The fourth-order valence-corrected chi connectivity index (χ4v) is 5.46. The highest BCUT2D eigenvalue weighted by Crippen LogP contribution is 2.62.